The number of non-ortho nitro benzene ring substituents is 2. The van der Waals surface area contributed by atoms with Gasteiger partial charge in [-0.25, -0.2) is 9.96 Å². The zero-order valence-corrected chi connectivity index (χ0v) is 21.7. The zero-order chi connectivity index (χ0) is 28.0. The van der Waals surface area contributed by atoms with Crippen molar-refractivity contribution in [1.29, 1.82) is 0 Å². The molecular formula is C25H19BrN4O9. The number of hydrogen-bond donors (Lipinski definition) is 1. The van der Waals surface area contributed by atoms with Gasteiger partial charge in [0, 0.05) is 24.3 Å². The van der Waals surface area contributed by atoms with Gasteiger partial charge in [0.15, 0.2) is 17.6 Å². The molecule has 0 radical (unpaired) electrons. The summed E-state index contributed by atoms with van der Waals surface area (Å²) in [6.45, 7) is 1.96. The van der Waals surface area contributed by atoms with E-state index in [1.54, 1.807) is 19.1 Å². The summed E-state index contributed by atoms with van der Waals surface area (Å²) < 4.78 is 5.80. The molecule has 0 unspecified atom stereocenters. The van der Waals surface area contributed by atoms with Crippen LogP contribution in [0.1, 0.15) is 18.5 Å². The standard InChI is InChI=1S/C25H19BrN4O9/c1-2-38-19-11-13(10-18(26)22(19)31)21-20-23(39-28(21)16-4-3-5-17(12-16)30(36)37)25(33)27(24(20)32)14-6-8-15(9-7-14)29(34)35/h3-12,20-21,23,31H,2H2,1H3/t20-,21+,23-/m1/s1. The van der Waals surface area contributed by atoms with Crippen molar-refractivity contribution in [2.75, 3.05) is 16.6 Å². The summed E-state index contributed by atoms with van der Waals surface area (Å²) in [7, 11) is 0. The molecule has 0 saturated carbocycles. The number of carbonyl (C=O) groups is 2. The Labute approximate surface area is 228 Å². The van der Waals surface area contributed by atoms with Crippen LogP contribution in [0, 0.1) is 26.1 Å². The first kappa shape index (κ1) is 26.1. The van der Waals surface area contributed by atoms with Gasteiger partial charge in [0.1, 0.15) is 5.92 Å². The summed E-state index contributed by atoms with van der Waals surface area (Å²) in [6.07, 6.45) is -1.29. The topological polar surface area (TPSA) is 166 Å². The number of nitrogens with zero attached hydrogens (tertiary/aromatic N) is 4. The van der Waals surface area contributed by atoms with Gasteiger partial charge in [0.05, 0.1) is 38.3 Å². The summed E-state index contributed by atoms with van der Waals surface area (Å²) in [6, 6.07) is 12.6. The molecule has 2 saturated heterocycles. The van der Waals surface area contributed by atoms with Crippen LogP contribution >= 0.6 is 15.9 Å². The van der Waals surface area contributed by atoms with Gasteiger partial charge in [-0.15, -0.1) is 0 Å². The Bertz CT molecular complexity index is 1510. The highest BCUT2D eigenvalue weighted by atomic mass is 79.9. The number of ether oxygens (including phenoxy) is 1. The lowest BCUT2D eigenvalue weighted by molar-refractivity contribution is -0.385. The number of amides is 2. The van der Waals surface area contributed by atoms with Crippen molar-refractivity contribution in [1.82, 2.24) is 0 Å². The number of rotatable bonds is 7. The van der Waals surface area contributed by atoms with E-state index in [1.165, 1.54) is 53.6 Å². The van der Waals surface area contributed by atoms with Crippen molar-refractivity contribution in [2.24, 2.45) is 5.92 Å². The molecule has 13 nitrogen and oxygen atoms in total. The van der Waals surface area contributed by atoms with E-state index < -0.39 is 39.7 Å². The number of phenolic OH excluding ortho intramolecular Hbond substituents is 1. The number of halogens is 1. The molecule has 2 aliphatic rings. The SMILES string of the molecule is CCOc1cc([C@H]2[C@H]3C(=O)N(c4ccc([N+](=O)[O-])cc4)C(=O)[C@@H]3ON2c2cccc([N+](=O)[O-])c2)cc(Br)c1O. The van der Waals surface area contributed by atoms with E-state index in [9.17, 15) is 34.9 Å². The summed E-state index contributed by atoms with van der Waals surface area (Å²) in [5.41, 5.74) is 0.360. The predicted molar refractivity (Wildman–Crippen MR) is 139 cm³/mol. The number of hydroxylamine groups is 1. The van der Waals surface area contributed by atoms with E-state index in [1.807, 2.05) is 0 Å². The van der Waals surface area contributed by atoms with Crippen LogP contribution in [0.3, 0.4) is 0 Å². The van der Waals surface area contributed by atoms with Crippen molar-refractivity contribution >= 4 is 50.5 Å². The monoisotopic (exact) mass is 598 g/mol. The predicted octanol–water partition coefficient (Wildman–Crippen LogP) is 4.42. The van der Waals surface area contributed by atoms with Crippen molar-refractivity contribution in [3.63, 3.8) is 0 Å². The molecule has 1 N–H and O–H groups in total. The Hall–Kier alpha value is -4.56. The van der Waals surface area contributed by atoms with E-state index in [4.69, 9.17) is 9.57 Å². The quantitative estimate of drug-likeness (QED) is 0.233. The smallest absolute Gasteiger partial charge is 0.271 e. The van der Waals surface area contributed by atoms with E-state index in [0.717, 1.165) is 4.90 Å². The van der Waals surface area contributed by atoms with Gasteiger partial charge in [-0.3, -0.25) is 34.7 Å². The fourth-order valence-electron chi connectivity index (χ4n) is 4.73. The lowest BCUT2D eigenvalue weighted by Crippen LogP contribution is -2.37. The Morgan fingerprint density at radius 3 is 2.31 bits per heavy atom. The lowest BCUT2D eigenvalue weighted by Gasteiger charge is -2.29. The third kappa shape index (κ3) is 4.42. The second-order valence-corrected chi connectivity index (χ2v) is 9.52. The number of nitro benzene ring substituents is 2. The molecule has 0 spiro atoms. The third-order valence-electron chi connectivity index (χ3n) is 6.42. The number of benzene rings is 3. The van der Waals surface area contributed by atoms with Crippen LogP contribution in [0.2, 0.25) is 0 Å². The molecule has 2 fully saturated rings. The number of fused-ring (bicyclic) bond motifs is 1. The second-order valence-electron chi connectivity index (χ2n) is 8.67. The molecule has 2 aliphatic heterocycles. The Kier molecular flexibility index (Phi) is 6.66. The average Bonchev–Trinajstić information content (AvgIpc) is 3.42. The number of anilines is 2. The first-order valence-electron chi connectivity index (χ1n) is 11.6. The summed E-state index contributed by atoms with van der Waals surface area (Å²) in [5, 5.41) is 34.2. The first-order chi connectivity index (χ1) is 18.6. The van der Waals surface area contributed by atoms with E-state index in [0.29, 0.717) is 5.56 Å². The minimum Gasteiger partial charge on any atom is -0.503 e. The Morgan fingerprint density at radius 2 is 1.67 bits per heavy atom. The van der Waals surface area contributed by atoms with E-state index in [2.05, 4.69) is 15.9 Å². The Balaban J connectivity index is 1.62. The maximum Gasteiger partial charge on any atom is 0.271 e. The molecule has 3 atom stereocenters. The molecule has 200 valence electrons. The number of aromatic hydroxyl groups is 1. The molecule has 0 bridgehead atoms. The highest BCUT2D eigenvalue weighted by molar-refractivity contribution is 9.10. The van der Waals surface area contributed by atoms with Crippen molar-refractivity contribution in [2.45, 2.75) is 19.1 Å². The van der Waals surface area contributed by atoms with Crippen LogP contribution in [0.4, 0.5) is 22.7 Å². The number of nitro groups is 2. The molecule has 0 aromatic heterocycles. The number of phenols is 1. The molecule has 5 rings (SSSR count). The van der Waals surface area contributed by atoms with Crippen LogP contribution in [-0.2, 0) is 14.4 Å². The molecule has 14 heteroatoms. The minimum atomic E-state index is -1.29. The van der Waals surface area contributed by atoms with Crippen molar-refractivity contribution in [3.05, 3.63) is 90.9 Å². The van der Waals surface area contributed by atoms with Crippen LogP contribution in [0.25, 0.3) is 0 Å². The van der Waals surface area contributed by atoms with Gasteiger partial charge in [0.25, 0.3) is 17.3 Å². The fraction of sp³-hybridized carbons (Fsp3) is 0.200. The molecule has 0 aliphatic carbocycles. The first-order valence-corrected chi connectivity index (χ1v) is 12.4. The zero-order valence-electron chi connectivity index (χ0n) is 20.1. The van der Waals surface area contributed by atoms with E-state index >= 15 is 0 Å². The van der Waals surface area contributed by atoms with Gasteiger partial charge in [0.2, 0.25) is 5.91 Å². The molecule has 2 heterocycles. The number of hydrogen-bond acceptors (Lipinski definition) is 10. The minimum absolute atomic E-state index is 0.119. The van der Waals surface area contributed by atoms with Crippen molar-refractivity contribution < 1.29 is 34.1 Å². The van der Waals surface area contributed by atoms with Gasteiger partial charge >= 0.3 is 0 Å². The number of imide groups is 1. The van der Waals surface area contributed by atoms with Crippen LogP contribution in [0.5, 0.6) is 11.5 Å². The molecule has 39 heavy (non-hydrogen) atoms. The normalized spacial score (nSPS) is 20.3. The molecule has 2 amide bonds. The summed E-state index contributed by atoms with van der Waals surface area (Å²) in [5.74, 6) is -2.47. The fourth-order valence-corrected chi connectivity index (χ4v) is 5.19. The third-order valence-corrected chi connectivity index (χ3v) is 7.03. The number of carbonyl (C=O) groups excluding carboxylic acids is 2. The van der Waals surface area contributed by atoms with Crippen molar-refractivity contribution in [3.8, 4) is 11.5 Å². The molecule has 3 aromatic carbocycles. The van der Waals surface area contributed by atoms with Crippen LogP contribution in [0.15, 0.2) is 65.1 Å². The Morgan fingerprint density at radius 1 is 0.974 bits per heavy atom. The lowest BCUT2D eigenvalue weighted by atomic mass is 9.90. The second kappa shape index (κ2) is 9.96. The maximum atomic E-state index is 13.8. The van der Waals surface area contributed by atoms with E-state index in [-0.39, 0.29) is 45.3 Å². The molecule has 3 aromatic rings. The van der Waals surface area contributed by atoms with Gasteiger partial charge in [-0.05, 0) is 58.7 Å². The van der Waals surface area contributed by atoms with Gasteiger partial charge in [-0.2, -0.15) is 0 Å². The highest BCUT2D eigenvalue weighted by Crippen LogP contribution is 2.50. The van der Waals surface area contributed by atoms with Crippen LogP contribution in [-0.4, -0.2) is 39.5 Å². The largest absolute Gasteiger partial charge is 0.503 e. The maximum absolute atomic E-state index is 13.8. The van der Waals surface area contributed by atoms with Crippen LogP contribution < -0.4 is 14.7 Å². The highest BCUT2D eigenvalue weighted by Gasteiger charge is 2.60. The van der Waals surface area contributed by atoms with Gasteiger partial charge in [-0.1, -0.05) is 6.07 Å². The summed E-state index contributed by atoms with van der Waals surface area (Å²) >= 11 is 3.29. The molecular weight excluding hydrogens is 580 g/mol. The van der Waals surface area contributed by atoms with Gasteiger partial charge < -0.3 is 9.84 Å². The average molecular weight is 599 g/mol. The summed E-state index contributed by atoms with van der Waals surface area (Å²) in [4.78, 5) is 55.5.